The van der Waals surface area contributed by atoms with Gasteiger partial charge in [0.1, 0.15) is 11.9 Å². The second-order valence-electron chi connectivity index (χ2n) is 6.72. The molecule has 1 aliphatic heterocycles. The van der Waals surface area contributed by atoms with Crippen LogP contribution in [0.25, 0.3) is 0 Å². The van der Waals surface area contributed by atoms with Crippen LogP contribution in [-0.2, 0) is 16.1 Å². The Morgan fingerprint density at radius 1 is 1.28 bits per heavy atom. The second-order valence-corrected chi connectivity index (χ2v) is 6.72. The minimum Gasteiger partial charge on any atom is -0.489 e. The number of carbonyl (C=O) groups is 1. The van der Waals surface area contributed by atoms with E-state index < -0.39 is 0 Å². The van der Waals surface area contributed by atoms with Crippen molar-refractivity contribution in [3.05, 3.63) is 29.8 Å². The number of rotatable bonds is 9. The molecule has 0 saturated carbocycles. The highest BCUT2D eigenvalue weighted by atomic mass is 16.5. The van der Waals surface area contributed by atoms with Gasteiger partial charge in [0.15, 0.2) is 0 Å². The van der Waals surface area contributed by atoms with E-state index in [1.54, 1.807) is 0 Å². The number of benzene rings is 1. The molecular formula is C20H32N2O3. The molecule has 25 heavy (non-hydrogen) atoms. The van der Waals surface area contributed by atoms with Crippen LogP contribution in [0.15, 0.2) is 24.3 Å². The predicted molar refractivity (Wildman–Crippen MR) is 99.7 cm³/mol. The van der Waals surface area contributed by atoms with Crippen molar-refractivity contribution >= 4 is 5.91 Å². The molecule has 1 heterocycles. The summed E-state index contributed by atoms with van der Waals surface area (Å²) in [5, 5.41) is 3.00. The highest BCUT2D eigenvalue weighted by Crippen LogP contribution is 2.17. The first-order chi connectivity index (χ1) is 12.1. The van der Waals surface area contributed by atoms with E-state index in [1.165, 1.54) is 5.56 Å². The number of morpholine rings is 1. The molecule has 1 aromatic rings. The van der Waals surface area contributed by atoms with E-state index in [-0.39, 0.29) is 17.9 Å². The van der Waals surface area contributed by atoms with Crippen LogP contribution < -0.4 is 10.1 Å². The van der Waals surface area contributed by atoms with Gasteiger partial charge in [-0.1, -0.05) is 26.0 Å². The van der Waals surface area contributed by atoms with E-state index in [0.29, 0.717) is 6.54 Å². The topological polar surface area (TPSA) is 50.8 Å². The van der Waals surface area contributed by atoms with Crippen molar-refractivity contribution in [2.24, 2.45) is 5.92 Å². The molecule has 0 unspecified atom stereocenters. The van der Waals surface area contributed by atoms with Crippen molar-refractivity contribution in [3.8, 4) is 5.75 Å². The maximum Gasteiger partial charge on any atom is 0.223 e. The van der Waals surface area contributed by atoms with Crippen LogP contribution in [0.4, 0.5) is 0 Å². The predicted octanol–water partition coefficient (Wildman–Crippen LogP) is 2.84. The van der Waals surface area contributed by atoms with Gasteiger partial charge in [0, 0.05) is 25.6 Å². The van der Waals surface area contributed by atoms with E-state index in [0.717, 1.165) is 51.4 Å². The molecule has 140 valence electrons. The first-order valence-electron chi connectivity index (χ1n) is 9.45. The van der Waals surface area contributed by atoms with E-state index in [4.69, 9.17) is 9.47 Å². The van der Waals surface area contributed by atoms with Crippen molar-refractivity contribution in [2.45, 2.75) is 46.3 Å². The molecule has 1 saturated heterocycles. The molecule has 1 aliphatic rings. The van der Waals surface area contributed by atoms with Gasteiger partial charge in [0.05, 0.1) is 19.8 Å². The fourth-order valence-electron chi connectivity index (χ4n) is 3.06. The summed E-state index contributed by atoms with van der Waals surface area (Å²) in [6, 6.07) is 8.22. The molecule has 5 nitrogen and oxygen atoms in total. The average Bonchev–Trinajstić information content (AvgIpc) is 2.62. The monoisotopic (exact) mass is 348 g/mol. The van der Waals surface area contributed by atoms with Gasteiger partial charge in [-0.3, -0.25) is 9.69 Å². The number of nitrogens with one attached hydrogen (secondary N) is 1. The molecule has 1 fully saturated rings. The summed E-state index contributed by atoms with van der Waals surface area (Å²) >= 11 is 0. The SMILES string of the molecule is CCC(CC)C(=O)NC[C@@H](C)Oc1cccc(CN2CCOCC2)c1. The molecule has 0 spiro atoms. The molecule has 0 bridgehead atoms. The lowest BCUT2D eigenvalue weighted by molar-refractivity contribution is -0.125. The van der Waals surface area contributed by atoms with Crippen LogP contribution in [-0.4, -0.2) is 49.8 Å². The highest BCUT2D eigenvalue weighted by Gasteiger charge is 2.15. The molecule has 0 aliphatic carbocycles. The first kappa shape index (κ1) is 19.7. The summed E-state index contributed by atoms with van der Waals surface area (Å²) in [7, 11) is 0. The van der Waals surface area contributed by atoms with Gasteiger partial charge < -0.3 is 14.8 Å². The third kappa shape index (κ3) is 6.67. The summed E-state index contributed by atoms with van der Waals surface area (Å²) in [4.78, 5) is 14.4. The fraction of sp³-hybridized carbons (Fsp3) is 0.650. The Morgan fingerprint density at radius 2 is 2.00 bits per heavy atom. The maximum absolute atomic E-state index is 12.1. The van der Waals surface area contributed by atoms with Gasteiger partial charge in [-0.15, -0.1) is 0 Å². The van der Waals surface area contributed by atoms with Crippen molar-refractivity contribution < 1.29 is 14.3 Å². The lowest BCUT2D eigenvalue weighted by Crippen LogP contribution is -2.37. The van der Waals surface area contributed by atoms with Crippen molar-refractivity contribution in [1.29, 1.82) is 0 Å². The minimum atomic E-state index is -0.0584. The number of ether oxygens (including phenoxy) is 2. The molecule has 1 N–H and O–H groups in total. The van der Waals surface area contributed by atoms with Gasteiger partial charge in [0.25, 0.3) is 0 Å². The Bertz CT molecular complexity index is 525. The lowest BCUT2D eigenvalue weighted by atomic mass is 10.0. The molecule has 5 heteroatoms. The molecule has 1 amide bonds. The van der Waals surface area contributed by atoms with Gasteiger partial charge in [-0.05, 0) is 37.5 Å². The number of nitrogens with zero attached hydrogens (tertiary/aromatic N) is 1. The quantitative estimate of drug-likeness (QED) is 0.746. The van der Waals surface area contributed by atoms with Gasteiger partial charge in [0.2, 0.25) is 5.91 Å². The van der Waals surface area contributed by atoms with Crippen molar-refractivity contribution in [3.63, 3.8) is 0 Å². The number of hydrogen-bond acceptors (Lipinski definition) is 4. The van der Waals surface area contributed by atoms with Crippen molar-refractivity contribution in [1.82, 2.24) is 10.2 Å². The number of amides is 1. The zero-order chi connectivity index (χ0) is 18.1. The first-order valence-corrected chi connectivity index (χ1v) is 9.45. The molecule has 1 atom stereocenters. The van der Waals surface area contributed by atoms with E-state index in [2.05, 4.69) is 22.3 Å². The Morgan fingerprint density at radius 3 is 2.68 bits per heavy atom. The third-order valence-electron chi connectivity index (χ3n) is 4.67. The summed E-state index contributed by atoms with van der Waals surface area (Å²) in [6.07, 6.45) is 1.69. The standard InChI is InChI=1S/C20H32N2O3/c1-4-18(5-2)20(23)21-14-16(3)25-19-8-6-7-17(13-19)15-22-9-11-24-12-10-22/h6-8,13,16,18H,4-5,9-12,14-15H2,1-3H3,(H,21,23)/t16-/m1/s1. The third-order valence-corrected chi connectivity index (χ3v) is 4.67. The van der Waals surface area contributed by atoms with Crippen LogP contribution in [0.2, 0.25) is 0 Å². The van der Waals surface area contributed by atoms with Crippen LogP contribution in [0.5, 0.6) is 5.75 Å². The maximum atomic E-state index is 12.1. The molecule has 0 radical (unpaired) electrons. The van der Waals surface area contributed by atoms with Gasteiger partial charge in [-0.25, -0.2) is 0 Å². The van der Waals surface area contributed by atoms with Crippen LogP contribution in [0, 0.1) is 5.92 Å². The average molecular weight is 348 g/mol. The Labute approximate surface area is 151 Å². The Balaban J connectivity index is 1.81. The van der Waals surface area contributed by atoms with Gasteiger partial charge in [-0.2, -0.15) is 0 Å². The van der Waals surface area contributed by atoms with Crippen molar-refractivity contribution in [2.75, 3.05) is 32.8 Å². The minimum absolute atomic E-state index is 0.0584. The summed E-state index contributed by atoms with van der Waals surface area (Å²) in [5.74, 6) is 1.08. The van der Waals surface area contributed by atoms with Crippen LogP contribution in [0.1, 0.15) is 39.2 Å². The Hall–Kier alpha value is -1.59. The van der Waals surface area contributed by atoms with E-state index in [1.807, 2.05) is 32.9 Å². The second kappa shape index (κ2) is 10.4. The van der Waals surface area contributed by atoms with Crippen LogP contribution >= 0.6 is 0 Å². The van der Waals surface area contributed by atoms with E-state index >= 15 is 0 Å². The highest BCUT2D eigenvalue weighted by molar-refractivity contribution is 5.78. The summed E-state index contributed by atoms with van der Waals surface area (Å²) in [5.41, 5.74) is 1.24. The number of carbonyl (C=O) groups excluding carboxylic acids is 1. The van der Waals surface area contributed by atoms with E-state index in [9.17, 15) is 4.79 Å². The normalized spacial score (nSPS) is 16.6. The molecular weight excluding hydrogens is 316 g/mol. The Kier molecular flexibility index (Phi) is 8.22. The summed E-state index contributed by atoms with van der Waals surface area (Å²) in [6.45, 7) is 11.1. The summed E-state index contributed by atoms with van der Waals surface area (Å²) < 4.78 is 11.4. The van der Waals surface area contributed by atoms with Gasteiger partial charge >= 0.3 is 0 Å². The fourth-order valence-corrected chi connectivity index (χ4v) is 3.06. The largest absolute Gasteiger partial charge is 0.489 e. The number of hydrogen-bond donors (Lipinski definition) is 1. The molecule has 2 rings (SSSR count). The molecule has 0 aromatic heterocycles. The van der Waals surface area contributed by atoms with Crippen LogP contribution in [0.3, 0.4) is 0 Å². The zero-order valence-corrected chi connectivity index (χ0v) is 15.8. The zero-order valence-electron chi connectivity index (χ0n) is 15.8. The smallest absolute Gasteiger partial charge is 0.223 e. The lowest BCUT2D eigenvalue weighted by Gasteiger charge is -2.26. The molecule has 1 aromatic carbocycles.